The number of benzene rings is 1. The first kappa shape index (κ1) is 10.2. The van der Waals surface area contributed by atoms with Crippen molar-refractivity contribution in [3.05, 3.63) is 34.4 Å². The summed E-state index contributed by atoms with van der Waals surface area (Å²) in [5.74, 6) is 0. The van der Waals surface area contributed by atoms with Crippen LogP contribution in [0, 0.1) is 13.8 Å². The standard InChI is InChI=1S/C11H16O2/c1-8-5-10(7-13)6-9(2)11(8)3-4-12/h5-6,12-13H,3-4,7H2,1-2H3. The summed E-state index contributed by atoms with van der Waals surface area (Å²) in [4.78, 5) is 0. The Kier molecular flexibility index (Phi) is 3.46. The molecule has 0 aliphatic heterocycles. The molecule has 2 heteroatoms. The van der Waals surface area contributed by atoms with Crippen molar-refractivity contribution in [3.63, 3.8) is 0 Å². The summed E-state index contributed by atoms with van der Waals surface area (Å²) >= 11 is 0. The molecule has 2 N–H and O–H groups in total. The molecule has 0 spiro atoms. The second-order valence-electron chi connectivity index (χ2n) is 3.34. The third-order valence-electron chi connectivity index (χ3n) is 2.30. The maximum absolute atomic E-state index is 8.96. The van der Waals surface area contributed by atoms with Crippen molar-refractivity contribution >= 4 is 0 Å². The molecule has 0 aromatic heterocycles. The van der Waals surface area contributed by atoms with Crippen molar-refractivity contribution in [2.75, 3.05) is 6.61 Å². The van der Waals surface area contributed by atoms with Gasteiger partial charge in [-0.25, -0.2) is 0 Å². The minimum atomic E-state index is 0.0844. The highest BCUT2D eigenvalue weighted by atomic mass is 16.3. The third kappa shape index (κ3) is 2.29. The summed E-state index contributed by atoms with van der Waals surface area (Å²) in [5, 5.41) is 17.8. The number of aryl methyl sites for hydroxylation is 2. The summed E-state index contributed by atoms with van der Waals surface area (Å²) in [5.41, 5.74) is 4.44. The van der Waals surface area contributed by atoms with E-state index in [-0.39, 0.29) is 13.2 Å². The van der Waals surface area contributed by atoms with E-state index < -0.39 is 0 Å². The minimum absolute atomic E-state index is 0.0844. The molecular formula is C11H16O2. The van der Waals surface area contributed by atoms with Gasteiger partial charge in [0.2, 0.25) is 0 Å². The fourth-order valence-corrected chi connectivity index (χ4v) is 1.68. The molecule has 1 aromatic rings. The Labute approximate surface area is 78.8 Å². The lowest BCUT2D eigenvalue weighted by Gasteiger charge is -2.10. The van der Waals surface area contributed by atoms with Crippen LogP contribution in [0.25, 0.3) is 0 Å². The Bertz CT molecular complexity index is 269. The van der Waals surface area contributed by atoms with E-state index in [1.165, 1.54) is 5.56 Å². The molecule has 13 heavy (non-hydrogen) atoms. The van der Waals surface area contributed by atoms with Crippen LogP contribution in [0.1, 0.15) is 22.3 Å². The maximum atomic E-state index is 8.96. The Morgan fingerprint density at radius 2 is 1.62 bits per heavy atom. The molecule has 0 radical (unpaired) electrons. The van der Waals surface area contributed by atoms with Crippen molar-refractivity contribution in [1.82, 2.24) is 0 Å². The number of hydrogen-bond acceptors (Lipinski definition) is 2. The van der Waals surface area contributed by atoms with Crippen LogP contribution in [0.2, 0.25) is 0 Å². The zero-order valence-electron chi connectivity index (χ0n) is 8.17. The average Bonchev–Trinajstić information content (AvgIpc) is 2.11. The molecule has 0 saturated heterocycles. The van der Waals surface area contributed by atoms with Gasteiger partial charge < -0.3 is 10.2 Å². The SMILES string of the molecule is Cc1cc(CO)cc(C)c1CCO. The van der Waals surface area contributed by atoms with Crippen LogP contribution >= 0.6 is 0 Å². The molecule has 2 nitrogen and oxygen atoms in total. The maximum Gasteiger partial charge on any atom is 0.0682 e. The van der Waals surface area contributed by atoms with E-state index in [0.717, 1.165) is 16.7 Å². The fraction of sp³-hybridized carbons (Fsp3) is 0.455. The van der Waals surface area contributed by atoms with E-state index >= 15 is 0 Å². The molecule has 0 heterocycles. The van der Waals surface area contributed by atoms with Gasteiger partial charge in [0.15, 0.2) is 0 Å². The van der Waals surface area contributed by atoms with Gasteiger partial charge in [-0.3, -0.25) is 0 Å². The molecular weight excluding hydrogens is 164 g/mol. The Morgan fingerprint density at radius 1 is 1.08 bits per heavy atom. The first-order valence-corrected chi connectivity index (χ1v) is 4.49. The first-order valence-electron chi connectivity index (χ1n) is 4.49. The quantitative estimate of drug-likeness (QED) is 0.736. The van der Waals surface area contributed by atoms with E-state index in [1.54, 1.807) is 0 Å². The van der Waals surface area contributed by atoms with Crippen LogP contribution < -0.4 is 0 Å². The molecule has 0 unspecified atom stereocenters. The lowest BCUT2D eigenvalue weighted by atomic mass is 9.97. The second-order valence-corrected chi connectivity index (χ2v) is 3.34. The van der Waals surface area contributed by atoms with E-state index in [2.05, 4.69) is 0 Å². The minimum Gasteiger partial charge on any atom is -0.396 e. The Balaban J connectivity index is 3.07. The van der Waals surface area contributed by atoms with Crippen molar-refractivity contribution in [1.29, 1.82) is 0 Å². The summed E-state index contributed by atoms with van der Waals surface area (Å²) < 4.78 is 0. The topological polar surface area (TPSA) is 40.5 Å². The predicted octanol–water partition coefficient (Wildman–Crippen LogP) is 1.33. The van der Waals surface area contributed by atoms with Crippen LogP contribution in [-0.2, 0) is 13.0 Å². The van der Waals surface area contributed by atoms with E-state index in [4.69, 9.17) is 10.2 Å². The zero-order chi connectivity index (χ0) is 9.84. The van der Waals surface area contributed by atoms with Gasteiger partial charge >= 0.3 is 0 Å². The lowest BCUT2D eigenvalue weighted by molar-refractivity contribution is 0.281. The number of aliphatic hydroxyl groups is 2. The van der Waals surface area contributed by atoms with Gasteiger partial charge in [-0.05, 0) is 42.5 Å². The Hall–Kier alpha value is -0.860. The molecule has 0 bridgehead atoms. The monoisotopic (exact) mass is 180 g/mol. The van der Waals surface area contributed by atoms with Crippen molar-refractivity contribution in [2.45, 2.75) is 26.9 Å². The van der Waals surface area contributed by atoms with Crippen molar-refractivity contribution in [2.24, 2.45) is 0 Å². The largest absolute Gasteiger partial charge is 0.396 e. The molecule has 0 fully saturated rings. The van der Waals surface area contributed by atoms with Gasteiger partial charge in [0.25, 0.3) is 0 Å². The molecule has 0 saturated carbocycles. The van der Waals surface area contributed by atoms with Gasteiger partial charge in [-0.15, -0.1) is 0 Å². The zero-order valence-corrected chi connectivity index (χ0v) is 8.17. The molecule has 1 aromatic carbocycles. The molecule has 0 amide bonds. The highest BCUT2D eigenvalue weighted by Crippen LogP contribution is 2.17. The van der Waals surface area contributed by atoms with Crippen molar-refractivity contribution in [3.8, 4) is 0 Å². The van der Waals surface area contributed by atoms with Crippen molar-refractivity contribution < 1.29 is 10.2 Å². The van der Waals surface area contributed by atoms with E-state index in [1.807, 2.05) is 26.0 Å². The third-order valence-corrected chi connectivity index (χ3v) is 2.30. The number of rotatable bonds is 3. The van der Waals surface area contributed by atoms with E-state index in [0.29, 0.717) is 6.42 Å². The molecule has 0 aliphatic rings. The van der Waals surface area contributed by atoms with Gasteiger partial charge in [0, 0.05) is 6.61 Å². The summed E-state index contributed by atoms with van der Waals surface area (Å²) in [6.07, 6.45) is 0.698. The summed E-state index contributed by atoms with van der Waals surface area (Å²) in [6, 6.07) is 3.94. The summed E-state index contributed by atoms with van der Waals surface area (Å²) in [7, 11) is 0. The molecule has 0 atom stereocenters. The van der Waals surface area contributed by atoms with Crippen LogP contribution in [0.4, 0.5) is 0 Å². The highest BCUT2D eigenvalue weighted by molar-refractivity contribution is 5.37. The van der Waals surface area contributed by atoms with Crippen LogP contribution in [0.15, 0.2) is 12.1 Å². The van der Waals surface area contributed by atoms with Gasteiger partial charge in [0.1, 0.15) is 0 Å². The van der Waals surface area contributed by atoms with Crippen LogP contribution in [0.5, 0.6) is 0 Å². The fourth-order valence-electron chi connectivity index (χ4n) is 1.68. The molecule has 0 aliphatic carbocycles. The van der Waals surface area contributed by atoms with Crippen LogP contribution in [0.3, 0.4) is 0 Å². The Morgan fingerprint density at radius 3 is 2.00 bits per heavy atom. The smallest absolute Gasteiger partial charge is 0.0682 e. The first-order chi connectivity index (χ1) is 6.19. The van der Waals surface area contributed by atoms with Gasteiger partial charge in [-0.2, -0.15) is 0 Å². The molecule has 1 rings (SSSR count). The number of aliphatic hydroxyl groups excluding tert-OH is 2. The lowest BCUT2D eigenvalue weighted by Crippen LogP contribution is -1.99. The number of hydrogen-bond donors (Lipinski definition) is 2. The van der Waals surface area contributed by atoms with Crippen LogP contribution in [-0.4, -0.2) is 16.8 Å². The normalized spacial score (nSPS) is 10.5. The highest BCUT2D eigenvalue weighted by Gasteiger charge is 2.03. The van der Waals surface area contributed by atoms with Gasteiger partial charge in [-0.1, -0.05) is 12.1 Å². The molecule has 72 valence electrons. The predicted molar refractivity (Wildman–Crippen MR) is 52.6 cm³/mol. The van der Waals surface area contributed by atoms with E-state index in [9.17, 15) is 0 Å². The second kappa shape index (κ2) is 4.40. The average molecular weight is 180 g/mol. The summed E-state index contributed by atoms with van der Waals surface area (Å²) in [6.45, 7) is 4.29. The van der Waals surface area contributed by atoms with Gasteiger partial charge in [0.05, 0.1) is 6.61 Å².